The third-order valence-corrected chi connectivity index (χ3v) is 4.98. The number of ether oxygens (including phenoxy) is 1. The minimum Gasteiger partial charge on any atom is -0.490 e. The standard InChI is InChI=1S/C25H23N3O2/c1-3-15-30-20-12-10-19(11-13-20)25(29)27-26-17-18-9-14-24-22(16-18)21-7-5-6-8-23(21)28(24)4-2/h3,5-14,16-17H,1,4,15H2,2H3,(H,27,29)/b26-17+. The van der Waals surface area contributed by atoms with Crippen molar-refractivity contribution in [2.75, 3.05) is 6.61 Å². The Bertz CT molecular complexity index is 1240. The summed E-state index contributed by atoms with van der Waals surface area (Å²) < 4.78 is 7.72. The summed E-state index contributed by atoms with van der Waals surface area (Å²) in [5.41, 5.74) is 6.43. The Hall–Kier alpha value is -3.86. The highest BCUT2D eigenvalue weighted by Gasteiger charge is 2.09. The first-order chi connectivity index (χ1) is 14.7. The Kier molecular flexibility index (Phi) is 5.61. The molecule has 0 saturated carbocycles. The van der Waals surface area contributed by atoms with E-state index in [9.17, 15) is 4.79 Å². The predicted molar refractivity (Wildman–Crippen MR) is 122 cm³/mol. The van der Waals surface area contributed by atoms with Crippen molar-refractivity contribution < 1.29 is 9.53 Å². The van der Waals surface area contributed by atoms with Crippen LogP contribution < -0.4 is 10.2 Å². The van der Waals surface area contributed by atoms with Gasteiger partial charge in [0.05, 0.1) is 6.21 Å². The van der Waals surface area contributed by atoms with Crippen molar-refractivity contribution >= 4 is 33.9 Å². The molecule has 3 aromatic carbocycles. The summed E-state index contributed by atoms with van der Waals surface area (Å²) in [6.45, 7) is 7.09. The Labute approximate surface area is 175 Å². The third-order valence-electron chi connectivity index (χ3n) is 4.98. The maximum absolute atomic E-state index is 12.3. The molecule has 1 N–H and O–H groups in total. The molecule has 5 nitrogen and oxygen atoms in total. The fourth-order valence-corrected chi connectivity index (χ4v) is 3.58. The van der Waals surface area contributed by atoms with Gasteiger partial charge in [-0.2, -0.15) is 5.10 Å². The van der Waals surface area contributed by atoms with Crippen LogP contribution in [0.3, 0.4) is 0 Å². The van der Waals surface area contributed by atoms with Crippen LogP contribution in [-0.2, 0) is 6.54 Å². The molecule has 0 saturated heterocycles. The highest BCUT2D eigenvalue weighted by molar-refractivity contribution is 6.09. The molecule has 4 rings (SSSR count). The van der Waals surface area contributed by atoms with Gasteiger partial charge in [-0.15, -0.1) is 0 Å². The minimum absolute atomic E-state index is 0.273. The predicted octanol–water partition coefficient (Wildman–Crippen LogP) is 5.14. The van der Waals surface area contributed by atoms with Crippen molar-refractivity contribution in [1.82, 2.24) is 9.99 Å². The normalized spacial score (nSPS) is 11.2. The molecule has 0 bridgehead atoms. The molecule has 0 fully saturated rings. The fourth-order valence-electron chi connectivity index (χ4n) is 3.58. The third kappa shape index (κ3) is 3.82. The van der Waals surface area contributed by atoms with Gasteiger partial charge in [0.2, 0.25) is 0 Å². The molecule has 1 heterocycles. The molecule has 1 amide bonds. The molecule has 0 unspecified atom stereocenters. The Morgan fingerprint density at radius 3 is 2.60 bits per heavy atom. The average molecular weight is 397 g/mol. The van der Waals surface area contributed by atoms with E-state index in [0.717, 1.165) is 12.1 Å². The quantitative estimate of drug-likeness (QED) is 0.267. The van der Waals surface area contributed by atoms with E-state index in [1.807, 2.05) is 6.07 Å². The summed E-state index contributed by atoms with van der Waals surface area (Å²) >= 11 is 0. The van der Waals surface area contributed by atoms with Crippen LogP contribution >= 0.6 is 0 Å². The molecule has 4 aromatic rings. The van der Waals surface area contributed by atoms with Gasteiger partial charge in [0.25, 0.3) is 5.91 Å². The van der Waals surface area contributed by atoms with Gasteiger partial charge in [-0.1, -0.05) is 36.9 Å². The van der Waals surface area contributed by atoms with Crippen molar-refractivity contribution in [3.63, 3.8) is 0 Å². The number of aromatic nitrogens is 1. The first kappa shape index (κ1) is 19.5. The van der Waals surface area contributed by atoms with Crippen LogP contribution in [0.15, 0.2) is 84.5 Å². The molecule has 30 heavy (non-hydrogen) atoms. The largest absolute Gasteiger partial charge is 0.490 e. The van der Waals surface area contributed by atoms with Crippen molar-refractivity contribution in [3.05, 3.63) is 90.5 Å². The molecular weight excluding hydrogens is 374 g/mol. The van der Waals surface area contributed by atoms with E-state index in [0.29, 0.717) is 17.9 Å². The number of para-hydroxylation sites is 1. The molecule has 0 atom stereocenters. The number of hydrogen-bond donors (Lipinski definition) is 1. The van der Waals surface area contributed by atoms with Gasteiger partial charge < -0.3 is 9.30 Å². The van der Waals surface area contributed by atoms with Crippen molar-refractivity contribution in [2.45, 2.75) is 13.5 Å². The molecule has 0 spiro atoms. The molecule has 5 heteroatoms. The molecule has 0 radical (unpaired) electrons. The van der Waals surface area contributed by atoms with E-state index < -0.39 is 0 Å². The molecule has 0 aliphatic carbocycles. The topological polar surface area (TPSA) is 55.6 Å². The lowest BCUT2D eigenvalue weighted by molar-refractivity contribution is 0.0955. The van der Waals surface area contributed by atoms with Crippen LogP contribution in [0.1, 0.15) is 22.8 Å². The maximum Gasteiger partial charge on any atom is 0.271 e. The van der Waals surface area contributed by atoms with Crippen molar-refractivity contribution in [2.24, 2.45) is 5.10 Å². The number of carbonyl (C=O) groups excluding carboxylic acids is 1. The molecule has 150 valence electrons. The molecule has 0 aliphatic heterocycles. The van der Waals surface area contributed by atoms with Crippen molar-refractivity contribution in [1.29, 1.82) is 0 Å². The summed E-state index contributed by atoms with van der Waals surface area (Å²) in [5, 5.41) is 6.52. The van der Waals surface area contributed by atoms with Crippen molar-refractivity contribution in [3.8, 4) is 5.75 Å². The lowest BCUT2D eigenvalue weighted by Gasteiger charge is -2.04. The number of nitrogens with one attached hydrogen (secondary N) is 1. The van der Waals surface area contributed by atoms with E-state index in [1.165, 1.54) is 21.8 Å². The Morgan fingerprint density at radius 1 is 1.07 bits per heavy atom. The minimum atomic E-state index is -0.273. The van der Waals surface area contributed by atoms with Crippen LogP contribution in [0.5, 0.6) is 5.75 Å². The van der Waals surface area contributed by atoms with Crippen LogP contribution in [0, 0.1) is 0 Å². The van der Waals surface area contributed by atoms with Gasteiger partial charge in [-0.05, 0) is 55.0 Å². The Morgan fingerprint density at radius 2 is 1.83 bits per heavy atom. The summed E-state index contributed by atoms with van der Waals surface area (Å²) in [7, 11) is 0. The SMILES string of the molecule is C=CCOc1ccc(C(=O)N/N=C/c2ccc3c(c2)c2ccccc2n3CC)cc1. The lowest BCUT2D eigenvalue weighted by Crippen LogP contribution is -2.17. The number of rotatable bonds is 7. The van der Waals surface area contributed by atoms with E-state index in [2.05, 4.69) is 65.0 Å². The second kappa shape index (κ2) is 8.66. The molecule has 0 aliphatic rings. The lowest BCUT2D eigenvalue weighted by atomic mass is 10.1. The fraction of sp³-hybridized carbons (Fsp3) is 0.120. The number of benzene rings is 3. The number of fused-ring (bicyclic) bond motifs is 3. The van der Waals surface area contributed by atoms with Crippen LogP contribution in [-0.4, -0.2) is 23.3 Å². The van der Waals surface area contributed by atoms with Gasteiger partial charge in [0.15, 0.2) is 0 Å². The van der Waals surface area contributed by atoms with E-state index in [4.69, 9.17) is 4.74 Å². The molecule has 1 aromatic heterocycles. The highest BCUT2D eigenvalue weighted by Crippen LogP contribution is 2.29. The monoisotopic (exact) mass is 397 g/mol. The molecular formula is C25H23N3O2. The van der Waals surface area contributed by atoms with Gasteiger partial charge in [-0.3, -0.25) is 4.79 Å². The number of nitrogens with zero attached hydrogens (tertiary/aromatic N) is 2. The highest BCUT2D eigenvalue weighted by atomic mass is 16.5. The first-order valence-electron chi connectivity index (χ1n) is 9.89. The zero-order valence-corrected chi connectivity index (χ0v) is 16.8. The van der Waals surface area contributed by atoms with Gasteiger partial charge >= 0.3 is 0 Å². The first-order valence-corrected chi connectivity index (χ1v) is 9.89. The smallest absolute Gasteiger partial charge is 0.271 e. The van der Waals surface area contributed by atoms with Gasteiger partial charge in [-0.25, -0.2) is 5.43 Å². The summed E-state index contributed by atoms with van der Waals surface area (Å²) in [6.07, 6.45) is 3.34. The second-order valence-corrected chi connectivity index (χ2v) is 6.86. The van der Waals surface area contributed by atoms with E-state index in [1.54, 1.807) is 36.6 Å². The van der Waals surface area contributed by atoms with Crippen LogP contribution in [0.25, 0.3) is 21.8 Å². The van der Waals surface area contributed by atoms with Crippen LogP contribution in [0.4, 0.5) is 0 Å². The Balaban J connectivity index is 1.50. The summed E-state index contributed by atoms with van der Waals surface area (Å²) in [4.78, 5) is 12.3. The van der Waals surface area contributed by atoms with Crippen LogP contribution in [0.2, 0.25) is 0 Å². The number of hydrogen-bond acceptors (Lipinski definition) is 3. The zero-order chi connectivity index (χ0) is 20.9. The van der Waals surface area contributed by atoms with Gasteiger partial charge in [0, 0.05) is 33.9 Å². The van der Waals surface area contributed by atoms with E-state index in [-0.39, 0.29) is 5.91 Å². The van der Waals surface area contributed by atoms with Gasteiger partial charge in [0.1, 0.15) is 12.4 Å². The number of hydrazone groups is 1. The summed E-state index contributed by atoms with van der Waals surface area (Å²) in [5.74, 6) is 0.416. The maximum atomic E-state index is 12.3. The van der Waals surface area contributed by atoms with E-state index >= 15 is 0 Å². The number of carbonyl (C=O) groups is 1. The summed E-state index contributed by atoms with van der Waals surface area (Å²) in [6, 6.07) is 21.5. The second-order valence-electron chi connectivity index (χ2n) is 6.86. The number of aryl methyl sites for hydroxylation is 1. The zero-order valence-electron chi connectivity index (χ0n) is 16.8. The number of amides is 1. The average Bonchev–Trinajstić information content (AvgIpc) is 3.11.